The van der Waals surface area contributed by atoms with Crippen LogP contribution in [0.15, 0.2) is 36.7 Å². The number of carbonyl (C=O) groups is 1. The van der Waals surface area contributed by atoms with E-state index in [1.807, 2.05) is 11.8 Å². The van der Waals surface area contributed by atoms with E-state index in [1.165, 1.54) is 12.1 Å². The molecule has 1 aliphatic rings. The molecule has 110 valence electrons. The Morgan fingerprint density at radius 2 is 2.24 bits per heavy atom. The lowest BCUT2D eigenvalue weighted by atomic mass is 10.0. The number of benzene rings is 1. The lowest BCUT2D eigenvalue weighted by Crippen LogP contribution is -2.42. The number of carbonyl (C=O) groups excluding carboxylic acids is 1. The van der Waals surface area contributed by atoms with Crippen molar-refractivity contribution in [1.82, 2.24) is 14.7 Å². The van der Waals surface area contributed by atoms with Gasteiger partial charge in [0, 0.05) is 25.0 Å². The first kappa shape index (κ1) is 13.8. The van der Waals surface area contributed by atoms with Crippen molar-refractivity contribution in [3.05, 3.63) is 48.0 Å². The van der Waals surface area contributed by atoms with Crippen LogP contribution >= 0.6 is 0 Å². The van der Waals surface area contributed by atoms with E-state index >= 15 is 0 Å². The van der Waals surface area contributed by atoms with E-state index in [0.29, 0.717) is 11.3 Å². The van der Waals surface area contributed by atoms with E-state index in [-0.39, 0.29) is 11.9 Å². The summed E-state index contributed by atoms with van der Waals surface area (Å²) in [4.78, 5) is 14.6. The Bertz CT molecular complexity index is 639. The number of halogens is 1. The third kappa shape index (κ3) is 2.68. The Balaban J connectivity index is 2.00. The number of nitrogens with zero attached hydrogens (tertiary/aromatic N) is 3. The molecule has 1 aromatic heterocycles. The molecule has 0 spiro atoms. The van der Waals surface area contributed by atoms with E-state index in [0.717, 1.165) is 25.8 Å². The fraction of sp³-hybridized carbons (Fsp3) is 0.375. The molecule has 2 heterocycles. The zero-order valence-electron chi connectivity index (χ0n) is 12.0. The van der Waals surface area contributed by atoms with Gasteiger partial charge in [-0.1, -0.05) is 0 Å². The Labute approximate surface area is 123 Å². The van der Waals surface area contributed by atoms with E-state index in [1.54, 1.807) is 29.2 Å². The van der Waals surface area contributed by atoms with Crippen molar-refractivity contribution in [2.75, 3.05) is 6.54 Å². The van der Waals surface area contributed by atoms with Crippen molar-refractivity contribution in [3.63, 3.8) is 0 Å². The zero-order valence-corrected chi connectivity index (χ0v) is 12.0. The number of amides is 1. The topological polar surface area (TPSA) is 38.1 Å². The molecule has 1 unspecified atom stereocenters. The van der Waals surface area contributed by atoms with Gasteiger partial charge in [-0.15, -0.1) is 0 Å². The Morgan fingerprint density at radius 3 is 2.95 bits per heavy atom. The molecule has 1 aromatic carbocycles. The van der Waals surface area contributed by atoms with Crippen LogP contribution < -0.4 is 0 Å². The molecule has 0 radical (unpaired) electrons. The summed E-state index contributed by atoms with van der Waals surface area (Å²) in [5.74, 6) is -0.522. The molecule has 1 fully saturated rings. The molecular weight excluding hydrogens is 269 g/mol. The predicted molar refractivity (Wildman–Crippen MR) is 77.9 cm³/mol. The lowest BCUT2D eigenvalue weighted by Gasteiger charge is -2.33. The van der Waals surface area contributed by atoms with Crippen LogP contribution in [0, 0.1) is 5.82 Å². The molecule has 4 nitrogen and oxygen atoms in total. The predicted octanol–water partition coefficient (Wildman–Crippen LogP) is 3.03. The van der Waals surface area contributed by atoms with Crippen molar-refractivity contribution in [2.45, 2.75) is 32.2 Å². The minimum Gasteiger partial charge on any atom is -0.336 e. The van der Waals surface area contributed by atoms with Crippen molar-refractivity contribution in [3.8, 4) is 5.69 Å². The van der Waals surface area contributed by atoms with Gasteiger partial charge in [0.15, 0.2) is 0 Å². The third-order valence-corrected chi connectivity index (χ3v) is 4.00. The highest BCUT2D eigenvalue weighted by molar-refractivity contribution is 5.98. The van der Waals surface area contributed by atoms with Crippen LogP contribution in [0.4, 0.5) is 4.39 Å². The van der Waals surface area contributed by atoms with Crippen LogP contribution in [0.3, 0.4) is 0 Å². The molecule has 1 aliphatic heterocycles. The molecule has 0 N–H and O–H groups in total. The van der Waals surface area contributed by atoms with Gasteiger partial charge in [-0.05, 0) is 50.5 Å². The third-order valence-electron chi connectivity index (χ3n) is 4.00. The standard InChI is InChI=1S/C16H18FN3O/c1-12-5-2-3-9-19(12)16(21)14-11-13(17)6-7-15(14)20-10-4-8-18-20/h4,6-8,10-12H,2-3,5,9H2,1H3. The fourth-order valence-corrected chi connectivity index (χ4v) is 2.85. The second kappa shape index (κ2) is 5.68. The second-order valence-corrected chi connectivity index (χ2v) is 5.46. The zero-order chi connectivity index (χ0) is 14.8. The van der Waals surface area contributed by atoms with E-state index in [4.69, 9.17) is 0 Å². The number of hydrogen-bond acceptors (Lipinski definition) is 2. The summed E-state index contributed by atoms with van der Waals surface area (Å²) in [6.07, 6.45) is 6.53. The smallest absolute Gasteiger partial charge is 0.256 e. The second-order valence-electron chi connectivity index (χ2n) is 5.46. The number of hydrogen-bond donors (Lipinski definition) is 0. The summed E-state index contributed by atoms with van der Waals surface area (Å²) in [6, 6.07) is 6.24. The molecular formula is C16H18FN3O. The average Bonchev–Trinajstić information content (AvgIpc) is 3.01. The van der Waals surface area contributed by atoms with Gasteiger partial charge in [0.2, 0.25) is 0 Å². The first-order valence-electron chi connectivity index (χ1n) is 7.27. The van der Waals surface area contributed by atoms with Crippen molar-refractivity contribution in [1.29, 1.82) is 0 Å². The molecule has 0 saturated carbocycles. The minimum absolute atomic E-state index is 0.118. The van der Waals surface area contributed by atoms with E-state index in [2.05, 4.69) is 5.10 Å². The highest BCUT2D eigenvalue weighted by Gasteiger charge is 2.26. The molecule has 2 aromatic rings. The normalized spacial score (nSPS) is 18.8. The highest BCUT2D eigenvalue weighted by Crippen LogP contribution is 2.23. The van der Waals surface area contributed by atoms with Gasteiger partial charge in [-0.25, -0.2) is 9.07 Å². The van der Waals surface area contributed by atoms with Crippen LogP contribution in [-0.4, -0.2) is 33.2 Å². The number of rotatable bonds is 2. The maximum Gasteiger partial charge on any atom is 0.256 e. The summed E-state index contributed by atoms with van der Waals surface area (Å²) >= 11 is 0. The van der Waals surface area contributed by atoms with Crippen LogP contribution in [0.5, 0.6) is 0 Å². The van der Waals surface area contributed by atoms with Gasteiger partial charge in [-0.3, -0.25) is 4.79 Å². The van der Waals surface area contributed by atoms with Gasteiger partial charge >= 0.3 is 0 Å². The van der Waals surface area contributed by atoms with Crippen LogP contribution in [0.1, 0.15) is 36.5 Å². The molecule has 0 aliphatic carbocycles. The van der Waals surface area contributed by atoms with Gasteiger partial charge in [0.1, 0.15) is 5.82 Å². The first-order valence-corrected chi connectivity index (χ1v) is 7.27. The SMILES string of the molecule is CC1CCCCN1C(=O)c1cc(F)ccc1-n1cccn1. The number of likely N-dealkylation sites (tertiary alicyclic amines) is 1. The number of aromatic nitrogens is 2. The summed E-state index contributed by atoms with van der Waals surface area (Å²) in [6.45, 7) is 2.78. The summed E-state index contributed by atoms with van der Waals surface area (Å²) in [5.41, 5.74) is 0.983. The molecule has 0 bridgehead atoms. The molecule has 3 rings (SSSR count). The summed E-state index contributed by atoms with van der Waals surface area (Å²) < 4.78 is 15.2. The van der Waals surface area contributed by atoms with E-state index < -0.39 is 5.82 Å². The van der Waals surface area contributed by atoms with Gasteiger partial charge < -0.3 is 4.90 Å². The molecule has 1 saturated heterocycles. The Hall–Kier alpha value is -2.17. The Kier molecular flexibility index (Phi) is 3.73. The summed E-state index contributed by atoms with van der Waals surface area (Å²) in [5, 5.41) is 4.15. The average molecular weight is 287 g/mol. The lowest BCUT2D eigenvalue weighted by molar-refractivity contribution is 0.0635. The van der Waals surface area contributed by atoms with Gasteiger partial charge in [-0.2, -0.15) is 5.10 Å². The Morgan fingerprint density at radius 1 is 1.38 bits per heavy atom. The van der Waals surface area contributed by atoms with Crippen LogP contribution in [0.25, 0.3) is 5.69 Å². The van der Waals surface area contributed by atoms with Gasteiger partial charge in [0.25, 0.3) is 5.91 Å². The van der Waals surface area contributed by atoms with Crippen LogP contribution in [-0.2, 0) is 0 Å². The number of piperidine rings is 1. The maximum atomic E-state index is 13.6. The molecule has 1 amide bonds. The first-order chi connectivity index (χ1) is 10.2. The minimum atomic E-state index is -0.404. The monoisotopic (exact) mass is 287 g/mol. The largest absolute Gasteiger partial charge is 0.336 e. The van der Waals surface area contributed by atoms with Gasteiger partial charge in [0.05, 0.1) is 11.3 Å². The fourth-order valence-electron chi connectivity index (χ4n) is 2.85. The van der Waals surface area contributed by atoms with Crippen LogP contribution in [0.2, 0.25) is 0 Å². The summed E-state index contributed by atoms with van der Waals surface area (Å²) in [7, 11) is 0. The molecule has 21 heavy (non-hydrogen) atoms. The van der Waals surface area contributed by atoms with Crippen molar-refractivity contribution >= 4 is 5.91 Å². The quantitative estimate of drug-likeness (QED) is 0.851. The van der Waals surface area contributed by atoms with Crippen molar-refractivity contribution < 1.29 is 9.18 Å². The molecule has 5 heteroatoms. The van der Waals surface area contributed by atoms with E-state index in [9.17, 15) is 9.18 Å². The maximum absolute atomic E-state index is 13.6. The highest BCUT2D eigenvalue weighted by atomic mass is 19.1. The molecule has 1 atom stereocenters. The van der Waals surface area contributed by atoms with Crippen molar-refractivity contribution in [2.24, 2.45) is 0 Å².